The van der Waals surface area contributed by atoms with Gasteiger partial charge in [0.05, 0.1) is 13.2 Å². The van der Waals surface area contributed by atoms with Gasteiger partial charge in [0.25, 0.3) is 0 Å². The molecule has 0 bridgehead atoms. The fourth-order valence-corrected chi connectivity index (χ4v) is 3.94. The van der Waals surface area contributed by atoms with E-state index < -0.39 is 0 Å². The van der Waals surface area contributed by atoms with Crippen molar-refractivity contribution in [2.45, 2.75) is 39.4 Å². The summed E-state index contributed by atoms with van der Waals surface area (Å²) in [6.07, 6.45) is 0.802. The van der Waals surface area contributed by atoms with Crippen LogP contribution in [0.5, 0.6) is 11.5 Å². The summed E-state index contributed by atoms with van der Waals surface area (Å²) in [5, 5.41) is 9.58. The van der Waals surface area contributed by atoms with Gasteiger partial charge < -0.3 is 14.6 Å². The van der Waals surface area contributed by atoms with Crippen LogP contribution in [0.25, 0.3) is 0 Å². The lowest BCUT2D eigenvalue weighted by molar-refractivity contribution is 0.0499. The van der Waals surface area contributed by atoms with Crippen LogP contribution in [0.15, 0.2) is 48.5 Å². The number of benzene rings is 2. The van der Waals surface area contributed by atoms with Gasteiger partial charge in [-0.1, -0.05) is 24.3 Å². The van der Waals surface area contributed by atoms with E-state index in [1.165, 1.54) is 11.1 Å². The Hall–Kier alpha value is -2.08. The van der Waals surface area contributed by atoms with Crippen LogP contribution in [-0.2, 0) is 13.1 Å². The second-order valence-electron chi connectivity index (χ2n) is 7.53. The van der Waals surface area contributed by atoms with Gasteiger partial charge in [0.2, 0.25) is 0 Å². The van der Waals surface area contributed by atoms with Crippen molar-refractivity contribution in [3.8, 4) is 11.5 Å². The zero-order chi connectivity index (χ0) is 20.5. The van der Waals surface area contributed by atoms with Crippen molar-refractivity contribution >= 4 is 0 Å². The summed E-state index contributed by atoms with van der Waals surface area (Å²) in [6.45, 7) is 10.5. The maximum absolute atomic E-state index is 9.58. The Bertz CT molecular complexity index is 718. The SMILES string of the molecule is CCOc1ccc(CN2CCN(Cc3ccc(OCC)cc3)[C@H](CCO)C2)cc1. The van der Waals surface area contributed by atoms with E-state index in [2.05, 4.69) is 34.1 Å². The lowest BCUT2D eigenvalue weighted by Crippen LogP contribution is -2.52. The predicted octanol–water partition coefficient (Wildman–Crippen LogP) is 3.55. The zero-order valence-electron chi connectivity index (χ0n) is 17.7. The molecule has 1 heterocycles. The molecule has 0 radical (unpaired) electrons. The molecule has 5 nitrogen and oxygen atoms in total. The fourth-order valence-electron chi connectivity index (χ4n) is 3.94. The van der Waals surface area contributed by atoms with Crippen LogP contribution in [-0.4, -0.2) is 60.4 Å². The van der Waals surface area contributed by atoms with Crippen LogP contribution >= 0.6 is 0 Å². The average molecular weight is 399 g/mol. The van der Waals surface area contributed by atoms with Crippen molar-refractivity contribution in [1.82, 2.24) is 9.80 Å². The molecule has 2 aromatic carbocycles. The molecule has 1 saturated heterocycles. The van der Waals surface area contributed by atoms with E-state index in [-0.39, 0.29) is 6.61 Å². The molecule has 1 aliphatic rings. The summed E-state index contributed by atoms with van der Waals surface area (Å²) in [7, 11) is 0. The highest BCUT2D eigenvalue weighted by molar-refractivity contribution is 5.28. The lowest BCUT2D eigenvalue weighted by atomic mass is 10.1. The number of hydrogen-bond acceptors (Lipinski definition) is 5. The molecule has 0 unspecified atom stereocenters. The van der Waals surface area contributed by atoms with E-state index in [4.69, 9.17) is 9.47 Å². The maximum atomic E-state index is 9.58. The van der Waals surface area contributed by atoms with Gasteiger partial charge in [-0.2, -0.15) is 0 Å². The third kappa shape index (κ3) is 6.46. The third-order valence-corrected chi connectivity index (χ3v) is 5.41. The van der Waals surface area contributed by atoms with Crippen LogP contribution < -0.4 is 9.47 Å². The first-order valence-corrected chi connectivity index (χ1v) is 10.7. The first kappa shape index (κ1) is 21.6. The Kier molecular flexibility index (Phi) is 8.35. The minimum absolute atomic E-state index is 0.224. The van der Waals surface area contributed by atoms with Gasteiger partial charge in [0.15, 0.2) is 0 Å². The van der Waals surface area contributed by atoms with Gasteiger partial charge in [0.1, 0.15) is 11.5 Å². The number of ether oxygens (including phenoxy) is 2. The third-order valence-electron chi connectivity index (χ3n) is 5.41. The molecule has 158 valence electrons. The van der Waals surface area contributed by atoms with E-state index >= 15 is 0 Å². The molecule has 0 aromatic heterocycles. The number of rotatable bonds is 10. The second-order valence-corrected chi connectivity index (χ2v) is 7.53. The molecule has 0 aliphatic carbocycles. The number of aliphatic hydroxyl groups excluding tert-OH is 1. The molecular weight excluding hydrogens is 364 g/mol. The van der Waals surface area contributed by atoms with Crippen molar-refractivity contribution < 1.29 is 14.6 Å². The Morgan fingerprint density at radius 1 is 0.828 bits per heavy atom. The normalized spacial score (nSPS) is 18.0. The Balaban J connectivity index is 1.57. The summed E-state index contributed by atoms with van der Waals surface area (Å²) in [5.74, 6) is 1.85. The van der Waals surface area contributed by atoms with E-state index in [0.29, 0.717) is 19.3 Å². The van der Waals surface area contributed by atoms with Crippen molar-refractivity contribution in [1.29, 1.82) is 0 Å². The zero-order valence-corrected chi connectivity index (χ0v) is 17.7. The molecule has 0 spiro atoms. The Morgan fingerprint density at radius 2 is 1.38 bits per heavy atom. The van der Waals surface area contributed by atoms with Crippen LogP contribution in [0.2, 0.25) is 0 Å². The van der Waals surface area contributed by atoms with Crippen LogP contribution in [0, 0.1) is 0 Å². The van der Waals surface area contributed by atoms with Crippen LogP contribution in [0.4, 0.5) is 0 Å². The molecular formula is C24H34N2O3. The van der Waals surface area contributed by atoms with Gasteiger partial charge in [-0.25, -0.2) is 0 Å². The molecule has 1 fully saturated rings. The molecule has 1 atom stereocenters. The van der Waals surface area contributed by atoms with Gasteiger partial charge in [-0.05, 0) is 55.7 Å². The number of hydrogen-bond donors (Lipinski definition) is 1. The summed E-state index contributed by atoms with van der Waals surface area (Å²) in [5.41, 5.74) is 2.59. The fraction of sp³-hybridized carbons (Fsp3) is 0.500. The predicted molar refractivity (Wildman–Crippen MR) is 116 cm³/mol. The molecule has 0 saturated carbocycles. The molecule has 0 amide bonds. The van der Waals surface area contributed by atoms with Crippen molar-refractivity contribution in [2.75, 3.05) is 39.5 Å². The van der Waals surface area contributed by atoms with Gasteiger partial charge in [-0.3, -0.25) is 9.80 Å². The highest BCUT2D eigenvalue weighted by Crippen LogP contribution is 2.21. The molecule has 1 aliphatic heterocycles. The molecule has 1 N–H and O–H groups in total. The first-order valence-electron chi connectivity index (χ1n) is 10.7. The molecule has 5 heteroatoms. The standard InChI is InChI=1S/C24H34N2O3/c1-3-28-23-9-5-20(6-10-23)17-25-14-15-26(22(19-25)13-16-27)18-21-7-11-24(12-8-21)29-4-2/h5-12,22,27H,3-4,13-19H2,1-2H3/t22-/m1/s1. The van der Waals surface area contributed by atoms with Crippen LogP contribution in [0.1, 0.15) is 31.4 Å². The topological polar surface area (TPSA) is 45.2 Å². The smallest absolute Gasteiger partial charge is 0.119 e. The second kappa shape index (κ2) is 11.2. The van der Waals surface area contributed by atoms with E-state index in [0.717, 1.165) is 50.6 Å². The number of aliphatic hydroxyl groups is 1. The Labute approximate surface area is 174 Å². The molecule has 29 heavy (non-hydrogen) atoms. The number of piperazine rings is 1. The van der Waals surface area contributed by atoms with Gasteiger partial charge in [0, 0.05) is 45.4 Å². The molecule has 2 aromatic rings. The largest absolute Gasteiger partial charge is 0.494 e. The minimum atomic E-state index is 0.224. The number of nitrogens with zero attached hydrogens (tertiary/aromatic N) is 2. The van der Waals surface area contributed by atoms with E-state index in [9.17, 15) is 5.11 Å². The van der Waals surface area contributed by atoms with Gasteiger partial charge in [-0.15, -0.1) is 0 Å². The summed E-state index contributed by atoms with van der Waals surface area (Å²) < 4.78 is 11.1. The highest BCUT2D eigenvalue weighted by atomic mass is 16.5. The van der Waals surface area contributed by atoms with Crippen LogP contribution in [0.3, 0.4) is 0 Å². The van der Waals surface area contributed by atoms with E-state index in [1.54, 1.807) is 0 Å². The Morgan fingerprint density at radius 3 is 1.90 bits per heavy atom. The first-order chi connectivity index (χ1) is 14.2. The minimum Gasteiger partial charge on any atom is -0.494 e. The van der Waals surface area contributed by atoms with Crippen molar-refractivity contribution in [2.24, 2.45) is 0 Å². The van der Waals surface area contributed by atoms with Crippen molar-refractivity contribution in [3.05, 3.63) is 59.7 Å². The lowest BCUT2D eigenvalue weighted by Gasteiger charge is -2.41. The monoisotopic (exact) mass is 398 g/mol. The van der Waals surface area contributed by atoms with Gasteiger partial charge >= 0.3 is 0 Å². The maximum Gasteiger partial charge on any atom is 0.119 e. The summed E-state index contributed by atoms with van der Waals surface area (Å²) >= 11 is 0. The highest BCUT2D eigenvalue weighted by Gasteiger charge is 2.26. The quantitative estimate of drug-likeness (QED) is 0.663. The average Bonchev–Trinajstić information content (AvgIpc) is 2.73. The summed E-state index contributed by atoms with van der Waals surface area (Å²) in [4.78, 5) is 4.99. The van der Waals surface area contributed by atoms with E-state index in [1.807, 2.05) is 38.1 Å². The molecule has 3 rings (SSSR count). The summed E-state index contributed by atoms with van der Waals surface area (Å²) in [6, 6.07) is 17.1. The van der Waals surface area contributed by atoms with Crippen molar-refractivity contribution in [3.63, 3.8) is 0 Å².